The third-order valence-corrected chi connectivity index (χ3v) is 2.99. The lowest BCUT2D eigenvalue weighted by Gasteiger charge is -2.22. The van der Waals surface area contributed by atoms with Gasteiger partial charge in [0.2, 0.25) is 0 Å². The second kappa shape index (κ2) is 4.99. The van der Waals surface area contributed by atoms with Gasteiger partial charge in [0.1, 0.15) is 5.75 Å². The van der Waals surface area contributed by atoms with Gasteiger partial charge >= 0.3 is 0 Å². The molecule has 0 spiro atoms. The summed E-state index contributed by atoms with van der Waals surface area (Å²) >= 11 is 0. The molecule has 0 aromatic heterocycles. The van der Waals surface area contributed by atoms with E-state index in [1.165, 1.54) is 16.3 Å². The SMILES string of the molecule is COCOc1cc(C(C)(C)C)c2ccccc2c1. The van der Waals surface area contributed by atoms with Crippen molar-refractivity contribution in [3.8, 4) is 5.75 Å². The molecule has 0 N–H and O–H groups in total. The summed E-state index contributed by atoms with van der Waals surface area (Å²) in [6.45, 7) is 6.93. The van der Waals surface area contributed by atoms with Crippen LogP contribution in [0, 0.1) is 0 Å². The van der Waals surface area contributed by atoms with E-state index < -0.39 is 0 Å². The van der Waals surface area contributed by atoms with E-state index >= 15 is 0 Å². The first-order valence-electron chi connectivity index (χ1n) is 6.17. The largest absolute Gasteiger partial charge is 0.468 e. The minimum absolute atomic E-state index is 0.0893. The van der Waals surface area contributed by atoms with Crippen LogP contribution in [0.3, 0.4) is 0 Å². The summed E-state index contributed by atoms with van der Waals surface area (Å²) < 4.78 is 10.5. The van der Waals surface area contributed by atoms with Crippen molar-refractivity contribution in [2.75, 3.05) is 13.9 Å². The van der Waals surface area contributed by atoms with Crippen LogP contribution in [0.15, 0.2) is 36.4 Å². The molecule has 18 heavy (non-hydrogen) atoms. The number of methoxy groups -OCH3 is 1. The highest BCUT2D eigenvalue weighted by Gasteiger charge is 2.18. The van der Waals surface area contributed by atoms with E-state index in [1.807, 2.05) is 0 Å². The van der Waals surface area contributed by atoms with Gasteiger partial charge in [-0.15, -0.1) is 0 Å². The van der Waals surface area contributed by atoms with Gasteiger partial charge in [0.25, 0.3) is 0 Å². The molecule has 2 aromatic carbocycles. The summed E-state index contributed by atoms with van der Waals surface area (Å²) in [7, 11) is 1.63. The Morgan fingerprint density at radius 3 is 2.44 bits per heavy atom. The molecule has 2 rings (SSSR count). The van der Waals surface area contributed by atoms with Gasteiger partial charge in [-0.3, -0.25) is 0 Å². The van der Waals surface area contributed by atoms with Gasteiger partial charge in [-0.1, -0.05) is 45.0 Å². The molecule has 2 heteroatoms. The topological polar surface area (TPSA) is 18.5 Å². The zero-order valence-corrected chi connectivity index (χ0v) is 11.5. The third kappa shape index (κ3) is 2.65. The molecule has 0 saturated heterocycles. The van der Waals surface area contributed by atoms with Crippen molar-refractivity contribution in [3.63, 3.8) is 0 Å². The summed E-state index contributed by atoms with van der Waals surface area (Å²) in [4.78, 5) is 0. The molecular weight excluding hydrogens is 224 g/mol. The van der Waals surface area contributed by atoms with Crippen molar-refractivity contribution in [1.29, 1.82) is 0 Å². The van der Waals surface area contributed by atoms with Crippen molar-refractivity contribution in [2.45, 2.75) is 26.2 Å². The summed E-state index contributed by atoms with van der Waals surface area (Å²) in [6.07, 6.45) is 0. The van der Waals surface area contributed by atoms with E-state index in [0.717, 1.165) is 5.75 Å². The predicted molar refractivity (Wildman–Crippen MR) is 75.2 cm³/mol. The molecule has 0 saturated carbocycles. The Bertz CT molecular complexity index is 538. The number of fused-ring (bicyclic) bond motifs is 1. The van der Waals surface area contributed by atoms with Crippen LogP contribution in [0.2, 0.25) is 0 Å². The third-order valence-electron chi connectivity index (χ3n) is 2.99. The highest BCUT2D eigenvalue weighted by molar-refractivity contribution is 5.88. The molecule has 0 heterocycles. The molecule has 0 aliphatic heterocycles. The number of ether oxygens (including phenoxy) is 2. The second-order valence-electron chi connectivity index (χ2n) is 5.49. The van der Waals surface area contributed by atoms with Gasteiger partial charge in [-0.2, -0.15) is 0 Å². The van der Waals surface area contributed by atoms with E-state index in [0.29, 0.717) is 0 Å². The Balaban J connectivity index is 2.57. The molecular formula is C16H20O2. The maximum Gasteiger partial charge on any atom is 0.188 e. The number of benzene rings is 2. The molecule has 0 amide bonds. The highest BCUT2D eigenvalue weighted by atomic mass is 16.7. The maximum atomic E-state index is 5.58. The van der Waals surface area contributed by atoms with Crippen molar-refractivity contribution < 1.29 is 9.47 Å². The number of rotatable bonds is 3. The molecule has 2 aromatic rings. The number of hydrogen-bond donors (Lipinski definition) is 0. The van der Waals surface area contributed by atoms with Gasteiger partial charge in [0.05, 0.1) is 0 Å². The Morgan fingerprint density at radius 1 is 1.06 bits per heavy atom. The molecule has 96 valence electrons. The lowest BCUT2D eigenvalue weighted by molar-refractivity contribution is 0.0511. The fraction of sp³-hybridized carbons (Fsp3) is 0.375. The van der Waals surface area contributed by atoms with Gasteiger partial charge in [-0.25, -0.2) is 0 Å². The lowest BCUT2D eigenvalue weighted by Crippen LogP contribution is -2.12. The average Bonchev–Trinajstić information content (AvgIpc) is 2.34. The first-order chi connectivity index (χ1) is 8.52. The van der Waals surface area contributed by atoms with Crippen LogP contribution in [-0.4, -0.2) is 13.9 Å². The minimum Gasteiger partial charge on any atom is -0.468 e. The van der Waals surface area contributed by atoms with Crippen molar-refractivity contribution in [3.05, 3.63) is 42.0 Å². The Labute approximate surface area is 109 Å². The standard InChI is InChI=1S/C16H20O2/c1-16(2,3)15-10-13(18-11-17-4)9-12-7-5-6-8-14(12)15/h5-10H,11H2,1-4H3. The Hall–Kier alpha value is -1.54. The fourth-order valence-electron chi connectivity index (χ4n) is 2.11. The number of hydrogen-bond acceptors (Lipinski definition) is 2. The van der Waals surface area contributed by atoms with Crippen LogP contribution in [0.25, 0.3) is 10.8 Å². The van der Waals surface area contributed by atoms with E-state index in [1.54, 1.807) is 7.11 Å². The predicted octanol–water partition coefficient (Wildman–Crippen LogP) is 4.12. The van der Waals surface area contributed by atoms with Crippen LogP contribution < -0.4 is 4.74 Å². The van der Waals surface area contributed by atoms with E-state index in [2.05, 4.69) is 57.2 Å². The van der Waals surface area contributed by atoms with E-state index in [4.69, 9.17) is 9.47 Å². The summed E-state index contributed by atoms with van der Waals surface area (Å²) in [5, 5.41) is 2.49. The minimum atomic E-state index is 0.0893. The van der Waals surface area contributed by atoms with Crippen molar-refractivity contribution in [1.82, 2.24) is 0 Å². The smallest absolute Gasteiger partial charge is 0.188 e. The zero-order chi connectivity index (χ0) is 13.2. The fourth-order valence-corrected chi connectivity index (χ4v) is 2.11. The molecule has 0 atom stereocenters. The zero-order valence-electron chi connectivity index (χ0n) is 11.5. The van der Waals surface area contributed by atoms with Crippen molar-refractivity contribution >= 4 is 10.8 Å². The molecule has 0 aliphatic carbocycles. The quantitative estimate of drug-likeness (QED) is 0.756. The molecule has 0 aliphatic rings. The van der Waals surface area contributed by atoms with E-state index in [9.17, 15) is 0 Å². The van der Waals surface area contributed by atoms with Gasteiger partial charge in [0.15, 0.2) is 6.79 Å². The molecule has 0 fully saturated rings. The maximum absolute atomic E-state index is 5.58. The Kier molecular flexibility index (Phi) is 3.58. The van der Waals surface area contributed by atoms with Crippen LogP contribution >= 0.6 is 0 Å². The lowest BCUT2D eigenvalue weighted by atomic mass is 9.83. The van der Waals surface area contributed by atoms with Gasteiger partial charge in [0, 0.05) is 7.11 Å². The summed E-state index contributed by atoms with van der Waals surface area (Å²) in [6, 6.07) is 12.6. The van der Waals surface area contributed by atoms with Crippen LogP contribution in [0.5, 0.6) is 5.75 Å². The first-order valence-corrected chi connectivity index (χ1v) is 6.17. The van der Waals surface area contributed by atoms with Crippen molar-refractivity contribution in [2.24, 2.45) is 0 Å². The highest BCUT2D eigenvalue weighted by Crippen LogP contribution is 2.33. The first kappa shape index (κ1) is 12.9. The molecule has 2 nitrogen and oxygen atoms in total. The second-order valence-corrected chi connectivity index (χ2v) is 5.49. The monoisotopic (exact) mass is 244 g/mol. The molecule has 0 unspecified atom stereocenters. The summed E-state index contributed by atoms with van der Waals surface area (Å²) in [5.74, 6) is 0.862. The van der Waals surface area contributed by atoms with Crippen LogP contribution in [0.4, 0.5) is 0 Å². The van der Waals surface area contributed by atoms with E-state index in [-0.39, 0.29) is 12.2 Å². The average molecular weight is 244 g/mol. The van der Waals surface area contributed by atoms with Crippen LogP contribution in [0.1, 0.15) is 26.3 Å². The summed E-state index contributed by atoms with van der Waals surface area (Å²) in [5.41, 5.74) is 1.39. The van der Waals surface area contributed by atoms with Gasteiger partial charge < -0.3 is 9.47 Å². The normalized spacial score (nSPS) is 11.8. The van der Waals surface area contributed by atoms with Crippen LogP contribution in [-0.2, 0) is 10.2 Å². The molecule has 0 bridgehead atoms. The van der Waals surface area contributed by atoms with Gasteiger partial charge in [-0.05, 0) is 33.9 Å². The molecule has 0 radical (unpaired) electrons. The Morgan fingerprint density at radius 2 is 1.78 bits per heavy atom.